The van der Waals surface area contributed by atoms with Crippen LogP contribution < -0.4 is 9.46 Å². The number of hydrogen-bond acceptors (Lipinski definition) is 7. The van der Waals surface area contributed by atoms with Crippen LogP contribution in [0.4, 0.5) is 10.1 Å². The third kappa shape index (κ3) is 5.00. The highest BCUT2D eigenvalue weighted by Crippen LogP contribution is 2.33. The molecule has 2 aliphatic rings. The predicted molar refractivity (Wildman–Crippen MR) is 120 cm³/mol. The Kier molecular flexibility index (Phi) is 6.76. The number of halogens is 1. The lowest BCUT2D eigenvalue weighted by atomic mass is 9.94. The number of rotatable bonds is 5. The monoisotopic (exact) mass is 492 g/mol. The van der Waals surface area contributed by atoms with Crippen LogP contribution in [0.3, 0.4) is 0 Å². The first-order valence-corrected chi connectivity index (χ1v) is 12.2. The zero-order chi connectivity index (χ0) is 24.5. The molecule has 9 nitrogen and oxygen atoms in total. The van der Waals surface area contributed by atoms with Crippen molar-refractivity contribution >= 4 is 27.6 Å². The molecule has 182 valence electrons. The van der Waals surface area contributed by atoms with Crippen LogP contribution in [0.2, 0.25) is 0 Å². The molecular weight excluding hydrogens is 467 g/mol. The predicted octanol–water partition coefficient (Wildman–Crippen LogP) is 2.57. The number of methoxy groups -OCH3 is 1. The normalized spacial score (nSPS) is 22.5. The number of nitrogens with one attached hydrogen (secondary N) is 1. The SMILES string of the molecule is COC(=O)C[C@@H]1CC[C@@H]2[C@@H](COc3ccc(NS(=O)(=O)c4cccc(F)c4)cc3C(=O)N2C)O1. The molecule has 2 aromatic carbocycles. The number of benzene rings is 2. The van der Waals surface area contributed by atoms with Crippen molar-refractivity contribution in [2.45, 2.75) is 42.4 Å². The average Bonchev–Trinajstić information content (AvgIpc) is 2.81. The molecule has 1 saturated heterocycles. The first kappa shape index (κ1) is 24.0. The van der Waals surface area contributed by atoms with Gasteiger partial charge in [-0.25, -0.2) is 12.8 Å². The van der Waals surface area contributed by atoms with Crippen molar-refractivity contribution in [1.82, 2.24) is 4.90 Å². The van der Waals surface area contributed by atoms with Gasteiger partial charge in [-0.05, 0) is 49.2 Å². The van der Waals surface area contributed by atoms with Gasteiger partial charge in [-0.15, -0.1) is 0 Å². The van der Waals surface area contributed by atoms with Crippen LogP contribution in [0.5, 0.6) is 5.75 Å². The topological polar surface area (TPSA) is 111 Å². The number of carbonyl (C=O) groups excluding carboxylic acids is 2. The van der Waals surface area contributed by atoms with Gasteiger partial charge in [0.05, 0.1) is 36.1 Å². The fraction of sp³-hybridized carbons (Fsp3) is 0.391. The molecule has 1 fully saturated rings. The van der Waals surface area contributed by atoms with Crippen molar-refractivity contribution in [2.75, 3.05) is 25.5 Å². The summed E-state index contributed by atoms with van der Waals surface area (Å²) in [6.45, 7) is 0.154. The van der Waals surface area contributed by atoms with Gasteiger partial charge in [0.1, 0.15) is 24.3 Å². The molecule has 3 atom stereocenters. The number of hydrogen-bond donors (Lipinski definition) is 1. The van der Waals surface area contributed by atoms with Crippen molar-refractivity contribution in [2.24, 2.45) is 0 Å². The summed E-state index contributed by atoms with van der Waals surface area (Å²) < 4.78 is 57.8. The second-order valence-electron chi connectivity index (χ2n) is 8.22. The van der Waals surface area contributed by atoms with E-state index in [-0.39, 0.29) is 58.9 Å². The van der Waals surface area contributed by atoms with E-state index < -0.39 is 21.9 Å². The molecule has 34 heavy (non-hydrogen) atoms. The Labute approximate surface area is 196 Å². The van der Waals surface area contributed by atoms with Crippen LogP contribution in [-0.2, 0) is 24.3 Å². The van der Waals surface area contributed by atoms with Crippen molar-refractivity contribution in [1.29, 1.82) is 0 Å². The van der Waals surface area contributed by atoms with Crippen molar-refractivity contribution in [3.05, 3.63) is 53.8 Å². The van der Waals surface area contributed by atoms with E-state index in [0.717, 1.165) is 12.1 Å². The Morgan fingerprint density at radius 3 is 2.76 bits per heavy atom. The highest BCUT2D eigenvalue weighted by atomic mass is 32.2. The third-order valence-corrected chi connectivity index (χ3v) is 7.37. The van der Waals surface area contributed by atoms with Crippen molar-refractivity contribution in [3.63, 3.8) is 0 Å². The first-order chi connectivity index (χ1) is 16.2. The van der Waals surface area contributed by atoms with E-state index in [4.69, 9.17) is 14.2 Å². The molecule has 1 amide bonds. The molecule has 0 unspecified atom stereocenters. The van der Waals surface area contributed by atoms with Gasteiger partial charge in [0.2, 0.25) is 0 Å². The van der Waals surface area contributed by atoms with Gasteiger partial charge >= 0.3 is 5.97 Å². The quantitative estimate of drug-likeness (QED) is 0.639. The van der Waals surface area contributed by atoms with Gasteiger partial charge in [0.15, 0.2) is 0 Å². The fourth-order valence-electron chi connectivity index (χ4n) is 4.21. The molecule has 0 spiro atoms. The van der Waals surface area contributed by atoms with Gasteiger partial charge < -0.3 is 19.1 Å². The number of nitrogens with zero attached hydrogens (tertiary/aromatic N) is 1. The van der Waals surface area contributed by atoms with Crippen LogP contribution in [0.1, 0.15) is 29.6 Å². The summed E-state index contributed by atoms with van der Waals surface area (Å²) in [5, 5.41) is 0. The summed E-state index contributed by atoms with van der Waals surface area (Å²) >= 11 is 0. The van der Waals surface area contributed by atoms with E-state index in [1.807, 2.05) is 0 Å². The summed E-state index contributed by atoms with van der Waals surface area (Å²) in [6, 6.07) is 8.72. The van der Waals surface area contributed by atoms with Gasteiger partial charge in [-0.2, -0.15) is 0 Å². The molecular formula is C23H25FN2O7S. The van der Waals surface area contributed by atoms with E-state index in [1.54, 1.807) is 11.9 Å². The van der Waals surface area contributed by atoms with Crippen molar-refractivity contribution < 1.29 is 36.6 Å². The Bertz CT molecular complexity index is 1200. The van der Waals surface area contributed by atoms with Gasteiger partial charge in [-0.1, -0.05) is 6.07 Å². The van der Waals surface area contributed by atoms with E-state index in [2.05, 4.69) is 4.72 Å². The Hall–Kier alpha value is -3.18. The zero-order valence-electron chi connectivity index (χ0n) is 18.7. The number of anilines is 1. The Balaban J connectivity index is 1.55. The lowest BCUT2D eigenvalue weighted by Crippen LogP contribution is -2.53. The molecule has 11 heteroatoms. The molecule has 4 rings (SSSR count). The Morgan fingerprint density at radius 2 is 2.03 bits per heavy atom. The second-order valence-corrected chi connectivity index (χ2v) is 9.90. The lowest BCUT2D eigenvalue weighted by molar-refractivity contribution is -0.151. The van der Waals surface area contributed by atoms with E-state index >= 15 is 0 Å². The van der Waals surface area contributed by atoms with E-state index in [1.165, 1.54) is 37.4 Å². The summed E-state index contributed by atoms with van der Waals surface area (Å²) in [6.07, 6.45) is 0.562. The summed E-state index contributed by atoms with van der Waals surface area (Å²) in [5.74, 6) is -1.11. The lowest BCUT2D eigenvalue weighted by Gasteiger charge is -2.42. The van der Waals surface area contributed by atoms with Crippen LogP contribution in [0.25, 0.3) is 0 Å². The molecule has 0 aromatic heterocycles. The molecule has 0 saturated carbocycles. The minimum atomic E-state index is -4.06. The summed E-state index contributed by atoms with van der Waals surface area (Å²) in [5.41, 5.74) is 0.334. The highest BCUT2D eigenvalue weighted by molar-refractivity contribution is 7.92. The number of esters is 1. The summed E-state index contributed by atoms with van der Waals surface area (Å²) in [4.78, 5) is 26.2. The van der Waals surface area contributed by atoms with Crippen LogP contribution in [0, 0.1) is 5.82 Å². The number of sulfonamides is 1. The first-order valence-electron chi connectivity index (χ1n) is 10.7. The number of likely N-dealkylation sites (N-methyl/N-ethyl adjacent to an activating group) is 1. The maximum Gasteiger partial charge on any atom is 0.308 e. The third-order valence-electron chi connectivity index (χ3n) is 5.99. The number of carbonyl (C=O) groups is 2. The minimum absolute atomic E-state index is 0.128. The number of fused-ring (bicyclic) bond motifs is 2. The molecule has 0 aliphatic carbocycles. The van der Waals surface area contributed by atoms with Crippen LogP contribution in [-0.4, -0.2) is 64.2 Å². The fourth-order valence-corrected chi connectivity index (χ4v) is 5.29. The standard InChI is InChI=1S/C23H25FN2O7S/c1-26-19-8-7-16(12-22(27)31-2)33-21(19)13-32-20-9-6-15(11-18(20)23(26)28)25-34(29,30)17-5-3-4-14(24)10-17/h3-6,9-11,16,19,21,25H,7-8,12-13H2,1-2H3/t16-,19+,21+/m0/s1. The molecule has 2 aromatic rings. The largest absolute Gasteiger partial charge is 0.490 e. The number of ether oxygens (including phenoxy) is 3. The maximum absolute atomic E-state index is 13.5. The van der Waals surface area contributed by atoms with Crippen molar-refractivity contribution in [3.8, 4) is 5.75 Å². The second kappa shape index (κ2) is 9.59. The highest BCUT2D eigenvalue weighted by Gasteiger charge is 2.39. The van der Waals surface area contributed by atoms with E-state index in [9.17, 15) is 22.4 Å². The molecule has 0 bridgehead atoms. The van der Waals surface area contributed by atoms with E-state index in [0.29, 0.717) is 12.8 Å². The molecule has 2 heterocycles. The van der Waals surface area contributed by atoms with Crippen LogP contribution in [0.15, 0.2) is 47.4 Å². The maximum atomic E-state index is 13.5. The van der Waals surface area contributed by atoms with Gasteiger partial charge in [0, 0.05) is 12.7 Å². The van der Waals surface area contributed by atoms with Gasteiger partial charge in [-0.3, -0.25) is 14.3 Å². The molecule has 1 N–H and O–H groups in total. The minimum Gasteiger partial charge on any atom is -0.490 e. The molecule has 2 aliphatic heterocycles. The smallest absolute Gasteiger partial charge is 0.308 e. The zero-order valence-corrected chi connectivity index (χ0v) is 19.5. The molecule has 0 radical (unpaired) electrons. The van der Waals surface area contributed by atoms with Crippen LogP contribution >= 0.6 is 0 Å². The van der Waals surface area contributed by atoms with Gasteiger partial charge in [0.25, 0.3) is 15.9 Å². The average molecular weight is 493 g/mol. The summed E-state index contributed by atoms with van der Waals surface area (Å²) in [7, 11) is -1.08. The number of amides is 1. The Morgan fingerprint density at radius 1 is 1.24 bits per heavy atom.